The molecule has 0 unspecified atom stereocenters. The summed E-state index contributed by atoms with van der Waals surface area (Å²) >= 11 is 0. The molecule has 118 valence electrons. The van der Waals surface area contributed by atoms with Crippen molar-refractivity contribution in [3.8, 4) is 0 Å². The molecule has 0 radical (unpaired) electrons. The van der Waals surface area contributed by atoms with Crippen molar-refractivity contribution in [2.75, 3.05) is 5.32 Å². The predicted molar refractivity (Wildman–Crippen MR) is 91.3 cm³/mol. The van der Waals surface area contributed by atoms with Crippen molar-refractivity contribution < 1.29 is 9.72 Å². The highest BCUT2D eigenvalue weighted by molar-refractivity contribution is 6.02. The molecule has 5 heteroatoms. The van der Waals surface area contributed by atoms with Crippen molar-refractivity contribution in [3.63, 3.8) is 0 Å². The summed E-state index contributed by atoms with van der Waals surface area (Å²) in [6, 6.07) is 11.9. The van der Waals surface area contributed by atoms with Gasteiger partial charge in [0.1, 0.15) is 0 Å². The first-order valence-electron chi connectivity index (χ1n) is 7.33. The topological polar surface area (TPSA) is 72.2 Å². The van der Waals surface area contributed by atoms with E-state index in [9.17, 15) is 14.9 Å². The molecule has 0 bridgehead atoms. The molecule has 1 amide bonds. The Labute approximate surface area is 134 Å². The van der Waals surface area contributed by atoms with Gasteiger partial charge in [-0.3, -0.25) is 14.9 Å². The van der Waals surface area contributed by atoms with Crippen LogP contribution in [0.4, 0.5) is 11.4 Å². The van der Waals surface area contributed by atoms with Crippen molar-refractivity contribution >= 4 is 23.4 Å². The van der Waals surface area contributed by atoms with Gasteiger partial charge in [0.15, 0.2) is 0 Å². The number of carbonyl (C=O) groups is 1. The zero-order chi connectivity index (χ0) is 16.8. The van der Waals surface area contributed by atoms with Crippen molar-refractivity contribution in [1.29, 1.82) is 0 Å². The number of non-ortho nitro benzene ring substituents is 1. The van der Waals surface area contributed by atoms with Gasteiger partial charge >= 0.3 is 0 Å². The number of amides is 1. The third-order valence-electron chi connectivity index (χ3n) is 3.52. The lowest BCUT2D eigenvalue weighted by molar-refractivity contribution is -0.384. The number of benzene rings is 2. The molecule has 0 aromatic heterocycles. The number of hydrogen-bond donors (Lipinski definition) is 1. The summed E-state index contributed by atoms with van der Waals surface area (Å²) in [7, 11) is 0. The van der Waals surface area contributed by atoms with Crippen LogP contribution >= 0.6 is 0 Å². The van der Waals surface area contributed by atoms with E-state index in [2.05, 4.69) is 5.32 Å². The van der Waals surface area contributed by atoms with Crippen LogP contribution in [0.3, 0.4) is 0 Å². The molecule has 0 saturated carbocycles. The van der Waals surface area contributed by atoms with Crippen LogP contribution in [-0.2, 0) is 11.2 Å². The summed E-state index contributed by atoms with van der Waals surface area (Å²) in [5, 5.41) is 13.5. The average Bonchev–Trinajstić information content (AvgIpc) is 2.55. The lowest BCUT2D eigenvalue weighted by Crippen LogP contribution is -2.11. The molecule has 0 fully saturated rings. The SMILES string of the molecule is CCc1cccc(C)c1NC(=O)C=Cc1ccc([N+](=O)[O-])cc1. The summed E-state index contributed by atoms with van der Waals surface area (Å²) in [4.78, 5) is 22.2. The van der Waals surface area contributed by atoms with Gasteiger partial charge in [0.2, 0.25) is 5.91 Å². The number of rotatable bonds is 5. The number of nitrogens with zero attached hydrogens (tertiary/aromatic N) is 1. The van der Waals surface area contributed by atoms with Crippen molar-refractivity contribution in [1.82, 2.24) is 0 Å². The average molecular weight is 310 g/mol. The molecular formula is C18H18N2O3. The third-order valence-corrected chi connectivity index (χ3v) is 3.52. The first-order valence-corrected chi connectivity index (χ1v) is 7.33. The van der Waals surface area contributed by atoms with E-state index in [-0.39, 0.29) is 11.6 Å². The number of nitrogens with one attached hydrogen (secondary N) is 1. The molecule has 0 aliphatic heterocycles. The number of aryl methyl sites for hydroxylation is 2. The summed E-state index contributed by atoms with van der Waals surface area (Å²) < 4.78 is 0. The molecule has 2 rings (SSSR count). The van der Waals surface area contributed by atoms with Gasteiger partial charge in [0.05, 0.1) is 4.92 Å². The highest BCUT2D eigenvalue weighted by atomic mass is 16.6. The van der Waals surface area contributed by atoms with Crippen molar-refractivity contribution in [3.05, 3.63) is 75.3 Å². The number of para-hydroxylation sites is 1. The van der Waals surface area contributed by atoms with E-state index in [1.807, 2.05) is 32.0 Å². The van der Waals surface area contributed by atoms with Gasteiger partial charge < -0.3 is 5.32 Å². The van der Waals surface area contributed by atoms with E-state index in [1.54, 1.807) is 18.2 Å². The largest absolute Gasteiger partial charge is 0.322 e. The summed E-state index contributed by atoms with van der Waals surface area (Å²) in [5.74, 6) is -0.229. The first kappa shape index (κ1) is 16.4. The Hall–Kier alpha value is -2.95. The van der Waals surface area contributed by atoms with Crippen LogP contribution in [-0.4, -0.2) is 10.8 Å². The van der Waals surface area contributed by atoms with Crippen LogP contribution < -0.4 is 5.32 Å². The standard InChI is InChI=1S/C18H18N2O3/c1-3-15-6-4-5-13(2)18(15)19-17(21)12-9-14-7-10-16(11-8-14)20(22)23/h4-12H,3H2,1-2H3,(H,19,21). The molecule has 0 spiro atoms. The van der Waals surface area contributed by atoms with Crippen LogP contribution in [0.15, 0.2) is 48.5 Å². The monoisotopic (exact) mass is 310 g/mol. The molecule has 0 heterocycles. The van der Waals surface area contributed by atoms with Gasteiger partial charge in [-0.15, -0.1) is 0 Å². The Balaban J connectivity index is 2.09. The number of anilines is 1. The Morgan fingerprint density at radius 1 is 1.22 bits per heavy atom. The van der Waals surface area contributed by atoms with E-state index in [0.717, 1.165) is 28.8 Å². The maximum absolute atomic E-state index is 12.1. The summed E-state index contributed by atoms with van der Waals surface area (Å²) in [6.07, 6.45) is 3.89. The minimum absolute atomic E-state index is 0.0269. The molecule has 2 aromatic carbocycles. The van der Waals surface area contributed by atoms with Crippen LogP contribution in [0, 0.1) is 17.0 Å². The van der Waals surface area contributed by atoms with Crippen LogP contribution in [0.25, 0.3) is 6.08 Å². The maximum Gasteiger partial charge on any atom is 0.269 e. The molecule has 5 nitrogen and oxygen atoms in total. The smallest absolute Gasteiger partial charge is 0.269 e. The van der Waals surface area contributed by atoms with E-state index in [4.69, 9.17) is 0 Å². The fourth-order valence-corrected chi connectivity index (χ4v) is 2.25. The number of hydrogen-bond acceptors (Lipinski definition) is 3. The normalized spacial score (nSPS) is 10.7. The van der Waals surface area contributed by atoms with Gasteiger partial charge in [0.25, 0.3) is 5.69 Å². The van der Waals surface area contributed by atoms with Crippen LogP contribution in [0.1, 0.15) is 23.6 Å². The van der Waals surface area contributed by atoms with Gasteiger partial charge in [-0.25, -0.2) is 0 Å². The number of carbonyl (C=O) groups excluding carboxylic acids is 1. The van der Waals surface area contributed by atoms with Gasteiger partial charge in [0, 0.05) is 23.9 Å². The third kappa shape index (κ3) is 4.26. The first-order chi connectivity index (χ1) is 11.0. The highest BCUT2D eigenvalue weighted by Crippen LogP contribution is 2.21. The zero-order valence-corrected chi connectivity index (χ0v) is 13.1. The fraction of sp³-hybridized carbons (Fsp3) is 0.167. The van der Waals surface area contributed by atoms with Crippen molar-refractivity contribution in [2.45, 2.75) is 20.3 Å². The molecule has 0 saturated heterocycles. The molecular weight excluding hydrogens is 292 g/mol. The second-order valence-corrected chi connectivity index (χ2v) is 5.13. The van der Waals surface area contributed by atoms with Gasteiger partial charge in [-0.2, -0.15) is 0 Å². The summed E-state index contributed by atoms with van der Waals surface area (Å²) in [5.41, 5.74) is 3.70. The molecule has 2 aromatic rings. The second-order valence-electron chi connectivity index (χ2n) is 5.13. The molecule has 0 aliphatic rings. The Bertz CT molecular complexity index is 749. The molecule has 23 heavy (non-hydrogen) atoms. The van der Waals surface area contributed by atoms with Crippen LogP contribution in [0.2, 0.25) is 0 Å². The number of nitro benzene ring substituents is 1. The minimum Gasteiger partial charge on any atom is -0.322 e. The van der Waals surface area contributed by atoms with E-state index >= 15 is 0 Å². The molecule has 0 aliphatic carbocycles. The Morgan fingerprint density at radius 2 is 1.91 bits per heavy atom. The highest BCUT2D eigenvalue weighted by Gasteiger charge is 2.07. The fourth-order valence-electron chi connectivity index (χ4n) is 2.25. The number of nitro groups is 1. The van der Waals surface area contributed by atoms with Gasteiger partial charge in [-0.1, -0.05) is 25.1 Å². The molecule has 1 N–H and O–H groups in total. The van der Waals surface area contributed by atoms with E-state index in [1.165, 1.54) is 18.2 Å². The summed E-state index contributed by atoms with van der Waals surface area (Å²) in [6.45, 7) is 3.99. The van der Waals surface area contributed by atoms with E-state index < -0.39 is 4.92 Å². The zero-order valence-electron chi connectivity index (χ0n) is 13.1. The lowest BCUT2D eigenvalue weighted by atomic mass is 10.1. The second kappa shape index (κ2) is 7.35. The predicted octanol–water partition coefficient (Wildman–Crippen LogP) is 4.12. The Morgan fingerprint density at radius 3 is 2.52 bits per heavy atom. The maximum atomic E-state index is 12.1. The van der Waals surface area contributed by atoms with Gasteiger partial charge in [-0.05, 0) is 48.2 Å². The van der Waals surface area contributed by atoms with Crippen LogP contribution in [0.5, 0.6) is 0 Å². The molecule has 0 atom stereocenters. The Kier molecular flexibility index (Phi) is 5.25. The quantitative estimate of drug-likeness (QED) is 0.513. The minimum atomic E-state index is -0.454. The van der Waals surface area contributed by atoms with Crippen molar-refractivity contribution in [2.24, 2.45) is 0 Å². The lowest BCUT2D eigenvalue weighted by Gasteiger charge is -2.11. The van der Waals surface area contributed by atoms with E-state index in [0.29, 0.717) is 0 Å².